The number of allylic oxidation sites excluding steroid dienone is 3. The molecule has 3 rings (SSSR count). The van der Waals surface area contributed by atoms with Crippen LogP contribution in [0.4, 0.5) is 4.39 Å². The minimum Gasteiger partial charge on any atom is -0.399 e. The van der Waals surface area contributed by atoms with Crippen LogP contribution in [0.2, 0.25) is 0 Å². The van der Waals surface area contributed by atoms with E-state index in [1.54, 1.807) is 23.9 Å². The standard InChI is InChI=1S/C18H12BrFN4S/c19-10-1-2-15(20)12(5-10)16-14-7-25-4-3-11(14)13(6-21)17(24)18(16,8-22)9-23/h1-3,5,14,16H,4,7,24H2/t14-,16-/m0/s1. The molecule has 0 unspecified atom stereocenters. The summed E-state index contributed by atoms with van der Waals surface area (Å²) in [4.78, 5) is 0. The second-order valence-electron chi connectivity index (χ2n) is 5.88. The minimum atomic E-state index is -1.79. The van der Waals surface area contributed by atoms with Crippen molar-refractivity contribution < 1.29 is 4.39 Å². The summed E-state index contributed by atoms with van der Waals surface area (Å²) in [6, 6.07) is 10.5. The van der Waals surface area contributed by atoms with Gasteiger partial charge in [-0.2, -0.15) is 27.5 Å². The van der Waals surface area contributed by atoms with Gasteiger partial charge in [0.1, 0.15) is 11.9 Å². The van der Waals surface area contributed by atoms with E-state index >= 15 is 0 Å². The molecule has 0 aromatic heterocycles. The van der Waals surface area contributed by atoms with Gasteiger partial charge in [-0.05, 0) is 29.3 Å². The van der Waals surface area contributed by atoms with Gasteiger partial charge >= 0.3 is 0 Å². The zero-order valence-electron chi connectivity index (χ0n) is 13.0. The Balaban J connectivity index is 2.38. The summed E-state index contributed by atoms with van der Waals surface area (Å²) in [5.74, 6) is -0.304. The van der Waals surface area contributed by atoms with Gasteiger partial charge in [0, 0.05) is 27.8 Å². The van der Waals surface area contributed by atoms with Crippen LogP contribution in [-0.2, 0) is 0 Å². The molecule has 0 fully saturated rings. The van der Waals surface area contributed by atoms with E-state index < -0.39 is 17.2 Å². The van der Waals surface area contributed by atoms with Crippen LogP contribution in [0, 0.1) is 51.1 Å². The van der Waals surface area contributed by atoms with E-state index in [-0.39, 0.29) is 22.8 Å². The van der Waals surface area contributed by atoms with Gasteiger partial charge in [0.25, 0.3) is 0 Å². The molecule has 0 amide bonds. The number of thioether (sulfide) groups is 1. The monoisotopic (exact) mass is 414 g/mol. The molecule has 0 saturated carbocycles. The van der Waals surface area contributed by atoms with Gasteiger partial charge in [0.2, 0.25) is 0 Å². The highest BCUT2D eigenvalue weighted by Crippen LogP contribution is 2.55. The molecule has 0 saturated heterocycles. The number of rotatable bonds is 1. The summed E-state index contributed by atoms with van der Waals surface area (Å²) in [5, 5.41) is 29.2. The summed E-state index contributed by atoms with van der Waals surface area (Å²) in [6.45, 7) is 0. The lowest BCUT2D eigenvalue weighted by molar-refractivity contribution is 0.357. The number of nitriles is 3. The first-order valence-electron chi connectivity index (χ1n) is 7.46. The number of nitrogens with two attached hydrogens (primary N) is 1. The summed E-state index contributed by atoms with van der Waals surface area (Å²) >= 11 is 4.95. The van der Waals surface area contributed by atoms with E-state index in [9.17, 15) is 20.2 Å². The summed E-state index contributed by atoms with van der Waals surface area (Å²) in [5.41, 5.74) is 5.43. The number of hydrogen-bond donors (Lipinski definition) is 1. The molecule has 0 radical (unpaired) electrons. The summed E-state index contributed by atoms with van der Waals surface area (Å²) < 4.78 is 15.3. The minimum absolute atomic E-state index is 0.0845. The van der Waals surface area contributed by atoms with Crippen LogP contribution >= 0.6 is 27.7 Å². The van der Waals surface area contributed by atoms with Crippen LogP contribution in [-0.4, -0.2) is 11.5 Å². The first-order chi connectivity index (χ1) is 12.0. The highest BCUT2D eigenvalue weighted by atomic mass is 79.9. The van der Waals surface area contributed by atoms with Crippen molar-refractivity contribution in [2.24, 2.45) is 17.1 Å². The number of fused-ring (bicyclic) bond motifs is 1. The largest absolute Gasteiger partial charge is 0.399 e. The third kappa shape index (κ3) is 2.54. The molecule has 1 aliphatic heterocycles. The topological polar surface area (TPSA) is 97.4 Å². The van der Waals surface area contributed by atoms with Gasteiger partial charge in [-0.25, -0.2) is 4.39 Å². The zero-order chi connectivity index (χ0) is 18.2. The fourth-order valence-corrected chi connectivity index (χ4v) is 5.02. The SMILES string of the molecule is N#CC1=C(N)C(C#N)(C#N)[C@@H](c2cc(Br)ccc2F)[C@H]2CSCC=C12. The average molecular weight is 415 g/mol. The summed E-state index contributed by atoms with van der Waals surface area (Å²) in [7, 11) is 0. The van der Waals surface area contributed by atoms with Crippen LogP contribution in [0.1, 0.15) is 11.5 Å². The van der Waals surface area contributed by atoms with Crippen molar-refractivity contribution in [3.8, 4) is 18.2 Å². The number of benzene rings is 1. The quantitative estimate of drug-likeness (QED) is 0.754. The lowest BCUT2D eigenvalue weighted by atomic mass is 9.59. The van der Waals surface area contributed by atoms with Gasteiger partial charge < -0.3 is 5.73 Å². The first-order valence-corrected chi connectivity index (χ1v) is 9.41. The van der Waals surface area contributed by atoms with Gasteiger partial charge in [-0.15, -0.1) is 0 Å². The smallest absolute Gasteiger partial charge is 0.191 e. The molecule has 4 nitrogen and oxygen atoms in total. The first kappa shape index (κ1) is 17.5. The lowest BCUT2D eigenvalue weighted by Gasteiger charge is -2.43. The van der Waals surface area contributed by atoms with E-state index in [0.29, 0.717) is 21.6 Å². The van der Waals surface area contributed by atoms with E-state index in [0.717, 1.165) is 0 Å². The Bertz CT molecular complexity index is 918. The molecule has 25 heavy (non-hydrogen) atoms. The number of nitrogens with zero attached hydrogens (tertiary/aromatic N) is 3. The van der Waals surface area contributed by atoms with Crippen LogP contribution in [0.3, 0.4) is 0 Å². The van der Waals surface area contributed by atoms with Crippen molar-refractivity contribution in [3.63, 3.8) is 0 Å². The van der Waals surface area contributed by atoms with Crippen LogP contribution < -0.4 is 5.73 Å². The lowest BCUT2D eigenvalue weighted by Crippen LogP contribution is -2.44. The highest BCUT2D eigenvalue weighted by molar-refractivity contribution is 9.10. The number of halogens is 2. The Labute approximate surface area is 157 Å². The van der Waals surface area contributed by atoms with Crippen molar-refractivity contribution in [1.29, 1.82) is 15.8 Å². The van der Waals surface area contributed by atoms with Crippen LogP contribution in [0.15, 0.2) is 45.6 Å². The maximum Gasteiger partial charge on any atom is 0.191 e. The normalized spacial score (nSPS) is 24.4. The van der Waals surface area contributed by atoms with E-state index in [1.165, 1.54) is 6.07 Å². The Hall–Kier alpha value is -2.27. The van der Waals surface area contributed by atoms with Crippen molar-refractivity contribution in [3.05, 3.63) is 57.0 Å². The molecule has 2 N–H and O–H groups in total. The average Bonchev–Trinajstić information content (AvgIpc) is 2.63. The Morgan fingerprint density at radius 1 is 1.28 bits per heavy atom. The second kappa shape index (κ2) is 6.56. The fraction of sp³-hybridized carbons (Fsp3) is 0.278. The van der Waals surface area contributed by atoms with E-state index in [1.807, 2.05) is 24.3 Å². The predicted molar refractivity (Wildman–Crippen MR) is 96.2 cm³/mol. The molecule has 2 aliphatic rings. The van der Waals surface area contributed by atoms with Gasteiger partial charge in [0.05, 0.1) is 23.4 Å². The molecular weight excluding hydrogens is 403 g/mol. The van der Waals surface area contributed by atoms with Crippen molar-refractivity contribution in [2.45, 2.75) is 5.92 Å². The van der Waals surface area contributed by atoms with Crippen molar-refractivity contribution >= 4 is 27.7 Å². The molecule has 1 aromatic rings. The molecule has 7 heteroatoms. The van der Waals surface area contributed by atoms with Crippen molar-refractivity contribution in [2.75, 3.05) is 11.5 Å². The fourth-order valence-electron chi connectivity index (χ4n) is 3.58. The molecule has 124 valence electrons. The zero-order valence-corrected chi connectivity index (χ0v) is 15.4. The maximum atomic E-state index is 14.6. The van der Waals surface area contributed by atoms with Gasteiger partial charge in [-0.1, -0.05) is 22.0 Å². The third-order valence-corrected chi connectivity index (χ3v) is 6.22. The molecule has 1 aromatic carbocycles. The summed E-state index contributed by atoms with van der Waals surface area (Å²) in [6.07, 6.45) is 1.89. The highest BCUT2D eigenvalue weighted by Gasteiger charge is 2.54. The Kier molecular flexibility index (Phi) is 4.60. The molecule has 2 atom stereocenters. The molecule has 1 heterocycles. The molecule has 0 spiro atoms. The van der Waals surface area contributed by atoms with Crippen LogP contribution in [0.5, 0.6) is 0 Å². The van der Waals surface area contributed by atoms with Crippen molar-refractivity contribution in [1.82, 2.24) is 0 Å². The number of hydrogen-bond acceptors (Lipinski definition) is 5. The van der Waals surface area contributed by atoms with E-state index in [4.69, 9.17) is 5.73 Å². The second-order valence-corrected chi connectivity index (χ2v) is 7.87. The third-order valence-electron chi connectivity index (χ3n) is 4.73. The van der Waals surface area contributed by atoms with Gasteiger partial charge in [-0.3, -0.25) is 0 Å². The molecular formula is C18H12BrFN4S. The van der Waals surface area contributed by atoms with Gasteiger partial charge in [0.15, 0.2) is 5.41 Å². The van der Waals surface area contributed by atoms with Crippen LogP contribution in [0.25, 0.3) is 0 Å². The van der Waals surface area contributed by atoms with E-state index in [2.05, 4.69) is 15.9 Å². The molecule has 1 aliphatic carbocycles. The Morgan fingerprint density at radius 3 is 2.64 bits per heavy atom. The predicted octanol–water partition coefficient (Wildman–Crippen LogP) is 3.74. The maximum absolute atomic E-state index is 14.6. The Morgan fingerprint density at radius 2 is 2.00 bits per heavy atom. The molecule has 0 bridgehead atoms.